The Balaban J connectivity index is 1.92. The van der Waals surface area contributed by atoms with E-state index in [0.29, 0.717) is 15.3 Å². The summed E-state index contributed by atoms with van der Waals surface area (Å²) in [5, 5.41) is 3.92. The number of pyridine rings is 2. The van der Waals surface area contributed by atoms with E-state index in [0.717, 1.165) is 36.5 Å². The Labute approximate surface area is 199 Å². The standard InChI is InChI=1S/C22H16F6N4O3S/c1-3-36(34,35)17-9-14(13-4-6-16(12(2)8-13)22(26,27)28)10-29-19(17)32-20(33)31-11-15(21(23,24)25)5-7-18(31)30-32/h4-11H,3H2,1-2H3. The van der Waals surface area contributed by atoms with Crippen LogP contribution in [0.15, 0.2) is 58.5 Å². The fourth-order valence-electron chi connectivity index (χ4n) is 3.58. The summed E-state index contributed by atoms with van der Waals surface area (Å²) in [6, 6.07) is 6.05. The molecule has 36 heavy (non-hydrogen) atoms. The largest absolute Gasteiger partial charge is 0.417 e. The van der Waals surface area contributed by atoms with E-state index in [9.17, 15) is 39.6 Å². The summed E-state index contributed by atoms with van der Waals surface area (Å²) in [6.45, 7) is 2.58. The zero-order valence-electron chi connectivity index (χ0n) is 18.5. The highest BCUT2D eigenvalue weighted by Crippen LogP contribution is 2.35. The topological polar surface area (TPSA) is 86.3 Å². The Bertz CT molecular complexity index is 1650. The maximum absolute atomic E-state index is 13.1. The summed E-state index contributed by atoms with van der Waals surface area (Å²) in [5.41, 5.74) is -2.94. The first-order valence-electron chi connectivity index (χ1n) is 10.2. The molecule has 3 aromatic heterocycles. The van der Waals surface area contributed by atoms with Crippen LogP contribution in [0.3, 0.4) is 0 Å². The minimum absolute atomic E-state index is 0.0963. The van der Waals surface area contributed by atoms with Crippen molar-refractivity contribution in [2.75, 3.05) is 5.75 Å². The van der Waals surface area contributed by atoms with Crippen LogP contribution in [-0.2, 0) is 22.2 Å². The molecule has 0 fully saturated rings. The Morgan fingerprint density at radius 2 is 1.64 bits per heavy atom. The number of hydrogen-bond acceptors (Lipinski definition) is 5. The summed E-state index contributed by atoms with van der Waals surface area (Å²) in [4.78, 5) is 16.4. The smallest absolute Gasteiger partial charge is 0.249 e. The molecule has 4 rings (SSSR count). The Hall–Kier alpha value is -3.68. The summed E-state index contributed by atoms with van der Waals surface area (Å²) < 4.78 is 105. The molecule has 0 amide bonds. The van der Waals surface area contributed by atoms with Gasteiger partial charge in [0.15, 0.2) is 21.3 Å². The zero-order valence-corrected chi connectivity index (χ0v) is 19.3. The first kappa shape index (κ1) is 25.4. The summed E-state index contributed by atoms with van der Waals surface area (Å²) in [7, 11) is -4.07. The third-order valence-electron chi connectivity index (χ3n) is 5.46. The molecule has 190 valence electrons. The molecule has 0 aliphatic rings. The van der Waals surface area contributed by atoms with Crippen molar-refractivity contribution in [3.63, 3.8) is 0 Å². The molecule has 0 spiro atoms. The quantitative estimate of drug-likeness (QED) is 0.358. The van der Waals surface area contributed by atoms with Crippen molar-refractivity contribution in [3.05, 3.63) is 76.0 Å². The van der Waals surface area contributed by atoms with Crippen LogP contribution in [-0.4, -0.2) is 33.3 Å². The van der Waals surface area contributed by atoms with Crippen LogP contribution in [0.25, 0.3) is 22.6 Å². The number of fused-ring (bicyclic) bond motifs is 1. The zero-order chi connectivity index (χ0) is 26.6. The van der Waals surface area contributed by atoms with Gasteiger partial charge in [-0.25, -0.2) is 22.6 Å². The average molecular weight is 530 g/mol. The normalized spacial score (nSPS) is 12.9. The van der Waals surface area contributed by atoms with Gasteiger partial charge in [0.1, 0.15) is 4.90 Å². The van der Waals surface area contributed by atoms with E-state index in [1.54, 1.807) is 0 Å². The Kier molecular flexibility index (Phi) is 5.98. The summed E-state index contributed by atoms with van der Waals surface area (Å²) in [6.07, 6.45) is -7.62. The molecule has 0 saturated carbocycles. The third kappa shape index (κ3) is 4.47. The molecule has 0 aliphatic carbocycles. The summed E-state index contributed by atoms with van der Waals surface area (Å²) >= 11 is 0. The number of rotatable bonds is 4. The van der Waals surface area contributed by atoms with E-state index in [1.807, 2.05) is 0 Å². The first-order chi connectivity index (χ1) is 16.6. The SMILES string of the molecule is CCS(=O)(=O)c1cc(-c2ccc(C(F)(F)F)c(C)c2)cnc1-n1nc2ccc(C(F)(F)F)cn2c1=O. The van der Waals surface area contributed by atoms with Crippen LogP contribution in [0.1, 0.15) is 23.6 Å². The van der Waals surface area contributed by atoms with E-state index in [4.69, 9.17) is 0 Å². The number of alkyl halides is 6. The monoisotopic (exact) mass is 530 g/mol. The number of halogens is 6. The number of hydrogen-bond donors (Lipinski definition) is 0. The number of sulfone groups is 1. The molecule has 0 bridgehead atoms. The lowest BCUT2D eigenvalue weighted by Gasteiger charge is -2.13. The lowest BCUT2D eigenvalue weighted by molar-refractivity contribution is -0.138. The van der Waals surface area contributed by atoms with Crippen molar-refractivity contribution in [2.24, 2.45) is 0 Å². The van der Waals surface area contributed by atoms with Gasteiger partial charge in [-0.3, -0.25) is 0 Å². The summed E-state index contributed by atoms with van der Waals surface area (Å²) in [5.74, 6) is -0.871. The first-order valence-corrected chi connectivity index (χ1v) is 11.9. The maximum atomic E-state index is 13.1. The molecule has 4 aromatic rings. The lowest BCUT2D eigenvalue weighted by atomic mass is 10.0. The van der Waals surface area contributed by atoms with E-state index in [-0.39, 0.29) is 22.3 Å². The second-order valence-corrected chi connectivity index (χ2v) is 10.1. The van der Waals surface area contributed by atoms with Crippen molar-refractivity contribution in [1.82, 2.24) is 19.2 Å². The minimum Gasteiger partial charge on any atom is -0.249 e. The van der Waals surface area contributed by atoms with Crippen LogP contribution in [0, 0.1) is 6.92 Å². The Morgan fingerprint density at radius 3 is 2.22 bits per heavy atom. The van der Waals surface area contributed by atoms with Crippen molar-refractivity contribution >= 4 is 15.5 Å². The van der Waals surface area contributed by atoms with E-state index in [2.05, 4.69) is 10.1 Å². The van der Waals surface area contributed by atoms with Gasteiger partial charge < -0.3 is 0 Å². The van der Waals surface area contributed by atoms with Crippen LogP contribution >= 0.6 is 0 Å². The van der Waals surface area contributed by atoms with Gasteiger partial charge in [-0.1, -0.05) is 19.1 Å². The predicted molar refractivity (Wildman–Crippen MR) is 116 cm³/mol. The molecule has 0 radical (unpaired) electrons. The molecule has 0 unspecified atom stereocenters. The van der Waals surface area contributed by atoms with Gasteiger partial charge in [0.05, 0.1) is 16.9 Å². The number of benzene rings is 1. The third-order valence-corrected chi connectivity index (χ3v) is 7.19. The van der Waals surface area contributed by atoms with Crippen molar-refractivity contribution in [2.45, 2.75) is 31.1 Å². The van der Waals surface area contributed by atoms with E-state index >= 15 is 0 Å². The molecular weight excluding hydrogens is 514 g/mol. The van der Waals surface area contributed by atoms with Gasteiger partial charge in [-0.2, -0.15) is 31.0 Å². The fourth-order valence-corrected chi connectivity index (χ4v) is 4.62. The molecular formula is C22H16F6N4O3S. The van der Waals surface area contributed by atoms with Crippen molar-refractivity contribution in [3.8, 4) is 16.9 Å². The van der Waals surface area contributed by atoms with Crippen LogP contribution in [0.2, 0.25) is 0 Å². The average Bonchev–Trinajstić information content (AvgIpc) is 3.13. The van der Waals surface area contributed by atoms with Gasteiger partial charge in [0.2, 0.25) is 0 Å². The van der Waals surface area contributed by atoms with Gasteiger partial charge in [-0.15, -0.1) is 5.10 Å². The maximum Gasteiger partial charge on any atom is 0.417 e. The number of aryl methyl sites for hydroxylation is 1. The number of aromatic nitrogens is 4. The van der Waals surface area contributed by atoms with Crippen molar-refractivity contribution < 1.29 is 34.8 Å². The van der Waals surface area contributed by atoms with E-state index < -0.39 is 55.5 Å². The van der Waals surface area contributed by atoms with Gasteiger partial charge in [0.25, 0.3) is 0 Å². The highest BCUT2D eigenvalue weighted by Gasteiger charge is 2.33. The van der Waals surface area contributed by atoms with Crippen LogP contribution < -0.4 is 5.69 Å². The molecule has 0 aliphatic heterocycles. The van der Waals surface area contributed by atoms with Gasteiger partial charge >= 0.3 is 18.0 Å². The lowest BCUT2D eigenvalue weighted by Crippen LogP contribution is -2.23. The molecule has 7 nitrogen and oxygen atoms in total. The van der Waals surface area contributed by atoms with Crippen LogP contribution in [0.5, 0.6) is 0 Å². The van der Waals surface area contributed by atoms with E-state index in [1.165, 1.54) is 19.9 Å². The predicted octanol–water partition coefficient (Wildman–Crippen LogP) is 4.69. The fraction of sp³-hybridized carbons (Fsp3) is 0.227. The highest BCUT2D eigenvalue weighted by molar-refractivity contribution is 7.91. The molecule has 0 atom stereocenters. The molecule has 0 saturated heterocycles. The second kappa shape index (κ2) is 8.47. The van der Waals surface area contributed by atoms with Crippen molar-refractivity contribution in [1.29, 1.82) is 0 Å². The Morgan fingerprint density at radius 1 is 0.944 bits per heavy atom. The molecule has 14 heteroatoms. The van der Waals surface area contributed by atoms with Gasteiger partial charge in [0, 0.05) is 18.0 Å². The molecule has 1 aromatic carbocycles. The highest BCUT2D eigenvalue weighted by atomic mass is 32.2. The minimum atomic E-state index is -4.73. The molecule has 3 heterocycles. The second-order valence-electron chi connectivity index (χ2n) is 7.81. The number of nitrogens with zero attached hydrogens (tertiary/aromatic N) is 4. The van der Waals surface area contributed by atoms with Gasteiger partial charge in [-0.05, 0) is 42.3 Å². The van der Waals surface area contributed by atoms with Crippen LogP contribution in [0.4, 0.5) is 26.3 Å². The molecule has 0 N–H and O–H groups in total.